The monoisotopic (exact) mass is 593 g/mol. The molecule has 0 bridgehead atoms. The topological polar surface area (TPSA) is 88.5 Å². The number of fused-ring (bicyclic) bond motifs is 2. The first-order valence-electron chi connectivity index (χ1n) is 12.4. The average molecular weight is 594 g/mol. The number of nitrogens with one attached hydrogen (secondary N) is 1. The summed E-state index contributed by atoms with van der Waals surface area (Å²) in [6, 6.07) is 19.4. The van der Waals surface area contributed by atoms with Gasteiger partial charge in [-0.2, -0.15) is 0 Å². The third-order valence-corrected chi connectivity index (χ3v) is 9.86. The lowest BCUT2D eigenvalue weighted by molar-refractivity contribution is -0.122. The molecule has 4 aromatic rings. The van der Waals surface area contributed by atoms with Crippen molar-refractivity contribution in [2.45, 2.75) is 29.7 Å². The Morgan fingerprint density at radius 2 is 1.62 bits per heavy atom. The van der Waals surface area contributed by atoms with Gasteiger partial charge in [-0.25, -0.2) is 9.29 Å². The second-order valence-corrected chi connectivity index (χ2v) is 12.2. The largest absolute Gasteiger partial charge is 0.325 e. The molecule has 1 N–H and O–H groups in total. The third kappa shape index (κ3) is 4.66. The van der Waals surface area contributed by atoms with Gasteiger partial charge >= 0.3 is 4.87 Å². The number of amides is 3. The van der Waals surface area contributed by atoms with Crippen LogP contribution in [-0.2, 0) is 20.9 Å². The molecule has 1 fully saturated rings. The highest BCUT2D eigenvalue weighted by Crippen LogP contribution is 2.53. The summed E-state index contributed by atoms with van der Waals surface area (Å²) in [6.07, 6.45) is 0. The fourth-order valence-corrected chi connectivity index (χ4v) is 8.01. The molecule has 7 nitrogen and oxygen atoms in total. The molecule has 1 aromatic heterocycles. The molecule has 6 rings (SSSR count). The number of nitrogens with zero attached hydrogens (tertiary/aromatic N) is 2. The quantitative estimate of drug-likeness (QED) is 0.311. The van der Waals surface area contributed by atoms with Crippen molar-refractivity contribution in [2.75, 3.05) is 10.2 Å². The van der Waals surface area contributed by atoms with Gasteiger partial charge in [-0.3, -0.25) is 23.7 Å². The Balaban J connectivity index is 1.40. The van der Waals surface area contributed by atoms with Gasteiger partial charge in [-0.15, -0.1) is 0 Å². The van der Waals surface area contributed by atoms with Crippen molar-refractivity contribution >= 4 is 63.8 Å². The number of rotatable bonds is 5. The zero-order valence-corrected chi connectivity index (χ0v) is 23.4. The number of aromatic nitrogens is 1. The molecule has 3 heterocycles. The van der Waals surface area contributed by atoms with E-state index in [1.165, 1.54) is 28.8 Å². The summed E-state index contributed by atoms with van der Waals surface area (Å²) in [5, 5.41) is 2.96. The summed E-state index contributed by atoms with van der Waals surface area (Å²) in [5.41, 5.74) is 2.65. The van der Waals surface area contributed by atoms with Gasteiger partial charge in [0.15, 0.2) is 0 Å². The number of thioether (sulfide) groups is 1. The van der Waals surface area contributed by atoms with E-state index in [1.807, 2.05) is 19.1 Å². The summed E-state index contributed by atoms with van der Waals surface area (Å²) >= 11 is 8.22. The second-order valence-electron chi connectivity index (χ2n) is 9.62. The second kappa shape index (κ2) is 10.3. The number of aryl methyl sites for hydroxylation is 1. The normalized spacial score (nSPS) is 19.9. The fourth-order valence-electron chi connectivity index (χ4n) is 5.11. The molecule has 11 heteroatoms. The summed E-state index contributed by atoms with van der Waals surface area (Å²) in [7, 11) is 0. The summed E-state index contributed by atoms with van der Waals surface area (Å²) in [5.74, 6) is -3.17. The lowest BCUT2D eigenvalue weighted by Gasteiger charge is -2.30. The molecule has 3 unspecified atom stereocenters. The van der Waals surface area contributed by atoms with Crippen molar-refractivity contribution < 1.29 is 18.8 Å². The van der Waals surface area contributed by atoms with E-state index in [1.54, 1.807) is 36.4 Å². The van der Waals surface area contributed by atoms with Crippen LogP contribution in [0.5, 0.6) is 0 Å². The molecule has 2 aliphatic heterocycles. The van der Waals surface area contributed by atoms with E-state index in [0.29, 0.717) is 20.6 Å². The molecule has 2 aliphatic rings. The Kier molecular flexibility index (Phi) is 6.85. The molecule has 0 saturated carbocycles. The Morgan fingerprint density at radius 1 is 0.950 bits per heavy atom. The lowest BCUT2D eigenvalue weighted by Crippen LogP contribution is -2.33. The van der Waals surface area contributed by atoms with Crippen molar-refractivity contribution in [1.82, 2.24) is 4.57 Å². The van der Waals surface area contributed by atoms with Crippen LogP contribution in [0.1, 0.15) is 21.9 Å². The zero-order valence-electron chi connectivity index (χ0n) is 21.0. The SMILES string of the molecule is Cc1ccc(NC(=O)Cn2c3c(sc2=O)C(c2ccc(Cl)cc2)C2C(=O)N(c4ccc(F)cc4)C(=O)C2S3)cc1. The zero-order chi connectivity index (χ0) is 28.1. The average Bonchev–Trinajstić information content (AvgIpc) is 3.37. The minimum Gasteiger partial charge on any atom is -0.325 e. The number of anilines is 2. The highest BCUT2D eigenvalue weighted by atomic mass is 35.5. The highest BCUT2D eigenvalue weighted by molar-refractivity contribution is 8.00. The van der Waals surface area contributed by atoms with Crippen LogP contribution in [0, 0.1) is 18.7 Å². The Bertz CT molecular complexity index is 1700. The Morgan fingerprint density at radius 3 is 2.30 bits per heavy atom. The van der Waals surface area contributed by atoms with E-state index in [9.17, 15) is 23.6 Å². The number of carbonyl (C=O) groups is 3. The number of hydrogen-bond donors (Lipinski definition) is 1. The molecule has 0 spiro atoms. The van der Waals surface area contributed by atoms with Crippen molar-refractivity contribution in [2.24, 2.45) is 5.92 Å². The number of thiazole rings is 1. The van der Waals surface area contributed by atoms with E-state index in [4.69, 9.17) is 11.6 Å². The first kappa shape index (κ1) is 26.5. The predicted molar refractivity (Wildman–Crippen MR) is 154 cm³/mol. The molecular formula is C29H21ClFN3O4S2. The molecule has 3 aromatic carbocycles. The number of imide groups is 1. The highest BCUT2D eigenvalue weighted by Gasteiger charge is 2.56. The van der Waals surface area contributed by atoms with Crippen LogP contribution in [0.3, 0.4) is 0 Å². The van der Waals surface area contributed by atoms with Gasteiger partial charge in [0.1, 0.15) is 17.6 Å². The maximum absolute atomic E-state index is 13.8. The number of benzene rings is 3. The number of carbonyl (C=O) groups excluding carboxylic acids is 3. The van der Waals surface area contributed by atoms with Gasteiger partial charge in [0.05, 0.1) is 16.6 Å². The van der Waals surface area contributed by atoms with Crippen molar-refractivity contribution in [1.29, 1.82) is 0 Å². The van der Waals surface area contributed by atoms with Gasteiger partial charge in [-0.1, -0.05) is 64.5 Å². The summed E-state index contributed by atoms with van der Waals surface area (Å²) in [4.78, 5) is 55.0. The number of halogens is 2. The predicted octanol–water partition coefficient (Wildman–Crippen LogP) is 5.45. The lowest BCUT2D eigenvalue weighted by atomic mass is 9.83. The molecule has 0 aliphatic carbocycles. The van der Waals surface area contributed by atoms with E-state index in [-0.39, 0.29) is 23.0 Å². The van der Waals surface area contributed by atoms with E-state index < -0.39 is 34.7 Å². The summed E-state index contributed by atoms with van der Waals surface area (Å²) < 4.78 is 15.0. The van der Waals surface area contributed by atoms with Crippen molar-refractivity contribution in [3.05, 3.63) is 109 Å². The Labute approximate surface area is 241 Å². The van der Waals surface area contributed by atoms with Crippen LogP contribution in [0.15, 0.2) is 82.6 Å². The Hall–Kier alpha value is -3.73. The van der Waals surface area contributed by atoms with Crippen LogP contribution in [-0.4, -0.2) is 27.5 Å². The molecule has 1 saturated heterocycles. The first-order chi connectivity index (χ1) is 19.2. The molecular weight excluding hydrogens is 573 g/mol. The molecule has 3 atom stereocenters. The maximum atomic E-state index is 13.8. The van der Waals surface area contributed by atoms with Crippen LogP contribution in [0.2, 0.25) is 5.02 Å². The van der Waals surface area contributed by atoms with E-state index in [2.05, 4.69) is 5.32 Å². The standard InChI is InChI=1S/C29H21ClFN3O4S2/c1-15-2-10-19(11-3-15)32-21(35)14-33-28-25(40-29(33)38)22(16-4-6-17(30)7-5-16)23-24(39-28)27(37)34(26(23)36)20-12-8-18(31)9-13-20/h2-13,22-24H,14H2,1H3,(H,32,35). The van der Waals surface area contributed by atoms with Crippen molar-refractivity contribution in [3.63, 3.8) is 0 Å². The minimum absolute atomic E-state index is 0.250. The van der Waals surface area contributed by atoms with Crippen molar-refractivity contribution in [3.8, 4) is 0 Å². The van der Waals surface area contributed by atoms with Gasteiger partial charge < -0.3 is 5.32 Å². The minimum atomic E-state index is -0.842. The van der Waals surface area contributed by atoms with Gasteiger partial charge in [0.2, 0.25) is 17.7 Å². The third-order valence-electron chi connectivity index (χ3n) is 7.00. The van der Waals surface area contributed by atoms with Crippen LogP contribution < -0.4 is 15.1 Å². The van der Waals surface area contributed by atoms with E-state index in [0.717, 1.165) is 39.1 Å². The maximum Gasteiger partial charge on any atom is 0.308 e. The summed E-state index contributed by atoms with van der Waals surface area (Å²) in [6.45, 7) is 1.69. The van der Waals surface area contributed by atoms with E-state index >= 15 is 0 Å². The molecule has 0 radical (unpaired) electrons. The van der Waals surface area contributed by atoms with Gasteiger partial charge in [-0.05, 0) is 61.0 Å². The molecule has 40 heavy (non-hydrogen) atoms. The smallest absolute Gasteiger partial charge is 0.308 e. The fraction of sp³-hybridized carbons (Fsp3) is 0.172. The van der Waals surface area contributed by atoms with Crippen LogP contribution >= 0.6 is 34.7 Å². The van der Waals surface area contributed by atoms with Gasteiger partial charge in [0, 0.05) is 21.5 Å². The van der Waals surface area contributed by atoms with Gasteiger partial charge in [0.25, 0.3) is 0 Å². The number of hydrogen-bond acceptors (Lipinski definition) is 6. The molecule has 3 amide bonds. The molecule has 202 valence electrons. The van der Waals surface area contributed by atoms with Crippen LogP contribution in [0.4, 0.5) is 15.8 Å². The van der Waals surface area contributed by atoms with Crippen LogP contribution in [0.25, 0.3) is 0 Å². The first-order valence-corrected chi connectivity index (χ1v) is 14.4.